The van der Waals surface area contributed by atoms with Gasteiger partial charge in [0.25, 0.3) is 5.91 Å². The Balaban J connectivity index is 1.72. The number of anilines is 1. The Morgan fingerprint density at radius 1 is 0.968 bits per heavy atom. The molecule has 1 N–H and O–H groups in total. The van der Waals surface area contributed by atoms with E-state index in [9.17, 15) is 4.79 Å². The van der Waals surface area contributed by atoms with Gasteiger partial charge in [0.15, 0.2) is 5.69 Å². The largest absolute Gasteiger partial charge is 0.497 e. The normalized spacial score (nSPS) is 10.5. The van der Waals surface area contributed by atoms with Crippen molar-refractivity contribution in [2.75, 3.05) is 19.5 Å². The molecule has 0 atom stereocenters. The molecule has 0 aliphatic carbocycles. The third-order valence-electron chi connectivity index (χ3n) is 4.79. The van der Waals surface area contributed by atoms with Gasteiger partial charge in [0.2, 0.25) is 0 Å². The van der Waals surface area contributed by atoms with E-state index in [1.165, 1.54) is 0 Å². The van der Waals surface area contributed by atoms with Gasteiger partial charge in [-0.3, -0.25) is 9.78 Å². The topological polar surface area (TPSA) is 78.3 Å². The van der Waals surface area contributed by atoms with Crippen molar-refractivity contribution in [3.63, 3.8) is 0 Å². The van der Waals surface area contributed by atoms with Crippen LogP contribution >= 0.6 is 0 Å². The van der Waals surface area contributed by atoms with Crippen LogP contribution in [0.2, 0.25) is 0 Å². The van der Waals surface area contributed by atoms with Gasteiger partial charge in [0.1, 0.15) is 11.5 Å². The van der Waals surface area contributed by atoms with Crippen LogP contribution in [-0.4, -0.2) is 34.9 Å². The van der Waals surface area contributed by atoms with E-state index in [1.54, 1.807) is 55.6 Å². The van der Waals surface area contributed by atoms with Gasteiger partial charge >= 0.3 is 0 Å². The molecule has 2 aromatic carbocycles. The molecule has 4 aromatic rings. The number of rotatable bonds is 6. The van der Waals surface area contributed by atoms with E-state index in [-0.39, 0.29) is 11.6 Å². The van der Waals surface area contributed by atoms with Crippen molar-refractivity contribution in [1.29, 1.82) is 0 Å². The predicted molar refractivity (Wildman–Crippen MR) is 119 cm³/mol. The number of amides is 1. The molecule has 4 rings (SSSR count). The predicted octanol–water partition coefficient (Wildman–Crippen LogP) is 4.51. The Morgan fingerprint density at radius 2 is 1.68 bits per heavy atom. The van der Waals surface area contributed by atoms with Crippen molar-refractivity contribution >= 4 is 11.6 Å². The standard InChI is InChI=1S/C24H22N4O3/c1-16-6-8-19(9-7-16)28-23(17-5-4-10-25-15-17)14-22(27-28)24(29)26-18-11-20(30-2)13-21(12-18)31-3/h4-15H,1-3H3,(H,26,29). The van der Waals surface area contributed by atoms with Crippen LogP contribution in [0.15, 0.2) is 73.1 Å². The minimum atomic E-state index is -0.341. The van der Waals surface area contributed by atoms with Crippen molar-refractivity contribution in [3.8, 4) is 28.4 Å². The molecular formula is C24H22N4O3. The van der Waals surface area contributed by atoms with Gasteiger partial charge in [-0.05, 0) is 37.3 Å². The second-order valence-electron chi connectivity index (χ2n) is 6.96. The van der Waals surface area contributed by atoms with E-state index in [0.717, 1.165) is 22.5 Å². The summed E-state index contributed by atoms with van der Waals surface area (Å²) in [4.78, 5) is 17.2. The lowest BCUT2D eigenvalue weighted by atomic mass is 10.2. The molecule has 7 heteroatoms. The number of carbonyl (C=O) groups excluding carboxylic acids is 1. The minimum absolute atomic E-state index is 0.279. The first-order chi connectivity index (χ1) is 15.1. The van der Waals surface area contributed by atoms with Crippen molar-refractivity contribution in [3.05, 3.63) is 84.3 Å². The van der Waals surface area contributed by atoms with Crippen LogP contribution in [0.25, 0.3) is 16.9 Å². The Labute approximate surface area is 180 Å². The van der Waals surface area contributed by atoms with E-state index in [4.69, 9.17) is 9.47 Å². The molecule has 31 heavy (non-hydrogen) atoms. The molecule has 0 saturated heterocycles. The summed E-state index contributed by atoms with van der Waals surface area (Å²) >= 11 is 0. The van der Waals surface area contributed by atoms with Crippen molar-refractivity contribution in [1.82, 2.24) is 14.8 Å². The van der Waals surface area contributed by atoms with Gasteiger partial charge in [0, 0.05) is 41.8 Å². The lowest BCUT2D eigenvalue weighted by Crippen LogP contribution is -2.13. The zero-order valence-electron chi connectivity index (χ0n) is 17.5. The molecular weight excluding hydrogens is 392 g/mol. The molecule has 0 aliphatic heterocycles. The van der Waals surface area contributed by atoms with Gasteiger partial charge in [-0.25, -0.2) is 4.68 Å². The highest BCUT2D eigenvalue weighted by Crippen LogP contribution is 2.27. The number of pyridine rings is 1. The zero-order valence-corrected chi connectivity index (χ0v) is 17.5. The van der Waals surface area contributed by atoms with E-state index in [0.29, 0.717) is 17.2 Å². The summed E-state index contributed by atoms with van der Waals surface area (Å²) in [5.41, 5.74) is 4.45. The molecule has 0 unspecified atom stereocenters. The summed E-state index contributed by atoms with van der Waals surface area (Å²) < 4.78 is 12.3. The number of nitrogens with zero attached hydrogens (tertiary/aromatic N) is 3. The smallest absolute Gasteiger partial charge is 0.276 e. The van der Waals surface area contributed by atoms with E-state index >= 15 is 0 Å². The fourth-order valence-corrected chi connectivity index (χ4v) is 3.17. The summed E-state index contributed by atoms with van der Waals surface area (Å²) in [5, 5.41) is 7.45. The highest BCUT2D eigenvalue weighted by Gasteiger charge is 2.18. The second kappa shape index (κ2) is 8.71. The first kappa shape index (κ1) is 20.2. The number of nitrogens with one attached hydrogen (secondary N) is 1. The Morgan fingerprint density at radius 3 is 2.29 bits per heavy atom. The maximum Gasteiger partial charge on any atom is 0.276 e. The highest BCUT2D eigenvalue weighted by atomic mass is 16.5. The average molecular weight is 414 g/mol. The van der Waals surface area contributed by atoms with Crippen LogP contribution < -0.4 is 14.8 Å². The SMILES string of the molecule is COc1cc(NC(=O)c2cc(-c3cccnc3)n(-c3ccc(C)cc3)n2)cc(OC)c1. The zero-order chi connectivity index (χ0) is 21.8. The monoisotopic (exact) mass is 414 g/mol. The fourth-order valence-electron chi connectivity index (χ4n) is 3.17. The van der Waals surface area contributed by atoms with Gasteiger partial charge in [-0.2, -0.15) is 5.10 Å². The molecule has 0 saturated carbocycles. The van der Waals surface area contributed by atoms with Crippen molar-refractivity contribution < 1.29 is 14.3 Å². The number of methoxy groups -OCH3 is 2. The number of hydrogen-bond donors (Lipinski definition) is 1. The molecule has 0 fully saturated rings. The highest BCUT2D eigenvalue weighted by molar-refractivity contribution is 6.03. The van der Waals surface area contributed by atoms with Gasteiger partial charge in [-0.15, -0.1) is 0 Å². The maximum atomic E-state index is 13.0. The van der Waals surface area contributed by atoms with Gasteiger partial charge < -0.3 is 14.8 Å². The lowest BCUT2D eigenvalue weighted by Gasteiger charge is -2.09. The summed E-state index contributed by atoms with van der Waals surface area (Å²) in [6.07, 6.45) is 3.45. The number of carbonyl (C=O) groups is 1. The quantitative estimate of drug-likeness (QED) is 0.502. The van der Waals surface area contributed by atoms with E-state index in [2.05, 4.69) is 15.4 Å². The molecule has 0 radical (unpaired) electrons. The fraction of sp³-hybridized carbons (Fsp3) is 0.125. The van der Waals surface area contributed by atoms with Crippen LogP contribution in [0.3, 0.4) is 0 Å². The third-order valence-corrected chi connectivity index (χ3v) is 4.79. The Kier molecular flexibility index (Phi) is 5.66. The lowest BCUT2D eigenvalue weighted by molar-refractivity contribution is 0.102. The minimum Gasteiger partial charge on any atom is -0.497 e. The summed E-state index contributed by atoms with van der Waals surface area (Å²) in [6.45, 7) is 2.02. The molecule has 2 heterocycles. The third kappa shape index (κ3) is 4.40. The van der Waals surface area contributed by atoms with E-state index < -0.39 is 0 Å². The second-order valence-corrected chi connectivity index (χ2v) is 6.96. The number of aromatic nitrogens is 3. The number of hydrogen-bond acceptors (Lipinski definition) is 5. The van der Waals surface area contributed by atoms with Crippen molar-refractivity contribution in [2.24, 2.45) is 0 Å². The molecule has 156 valence electrons. The van der Waals surface area contributed by atoms with Crippen LogP contribution in [0.4, 0.5) is 5.69 Å². The van der Waals surface area contributed by atoms with Crippen LogP contribution in [0.1, 0.15) is 16.1 Å². The number of aryl methyl sites for hydroxylation is 1. The summed E-state index contributed by atoms with van der Waals surface area (Å²) in [5.74, 6) is 0.818. The number of ether oxygens (including phenoxy) is 2. The van der Waals surface area contributed by atoms with Gasteiger partial charge in [-0.1, -0.05) is 17.7 Å². The maximum absolute atomic E-state index is 13.0. The first-order valence-corrected chi connectivity index (χ1v) is 9.69. The molecule has 0 bridgehead atoms. The number of benzene rings is 2. The molecule has 2 aromatic heterocycles. The summed E-state index contributed by atoms with van der Waals surface area (Å²) in [6, 6.07) is 18.7. The van der Waals surface area contributed by atoms with Gasteiger partial charge in [0.05, 0.1) is 25.6 Å². The average Bonchev–Trinajstić information content (AvgIpc) is 3.25. The van der Waals surface area contributed by atoms with Crippen LogP contribution in [0, 0.1) is 6.92 Å². The Bertz CT molecular complexity index is 1180. The van der Waals surface area contributed by atoms with Crippen molar-refractivity contribution in [2.45, 2.75) is 6.92 Å². The van der Waals surface area contributed by atoms with E-state index in [1.807, 2.05) is 43.3 Å². The van der Waals surface area contributed by atoms with Crippen LogP contribution in [0.5, 0.6) is 11.5 Å². The van der Waals surface area contributed by atoms with Crippen LogP contribution in [-0.2, 0) is 0 Å². The first-order valence-electron chi connectivity index (χ1n) is 9.69. The molecule has 7 nitrogen and oxygen atoms in total. The molecule has 1 amide bonds. The summed E-state index contributed by atoms with van der Waals surface area (Å²) in [7, 11) is 3.12. The molecule has 0 aliphatic rings. The molecule has 0 spiro atoms. The Hall–Kier alpha value is -4.13.